The number of nitro benzene ring substituents is 1. The van der Waals surface area contributed by atoms with Crippen molar-refractivity contribution in [1.82, 2.24) is 0 Å². The van der Waals surface area contributed by atoms with Gasteiger partial charge in [-0.2, -0.15) is 5.10 Å². The lowest BCUT2D eigenvalue weighted by Gasteiger charge is -2.08. The van der Waals surface area contributed by atoms with Crippen molar-refractivity contribution in [3.05, 3.63) is 98.0 Å². The number of ether oxygens (including phenoxy) is 1. The normalized spacial score (nSPS) is 10.8. The Hall–Kier alpha value is -3.09. The zero-order chi connectivity index (χ0) is 19.9. The van der Waals surface area contributed by atoms with E-state index in [0.717, 1.165) is 11.1 Å². The second-order valence-electron chi connectivity index (χ2n) is 5.78. The van der Waals surface area contributed by atoms with Crippen LogP contribution in [0.25, 0.3) is 0 Å². The predicted molar refractivity (Wildman–Crippen MR) is 112 cm³/mol. The van der Waals surface area contributed by atoms with Crippen LogP contribution in [0.1, 0.15) is 11.1 Å². The first-order chi connectivity index (χ1) is 13.5. The molecular formula is C20H15Cl2N3O3. The van der Waals surface area contributed by atoms with Crippen molar-refractivity contribution in [2.45, 2.75) is 6.61 Å². The molecule has 0 aliphatic rings. The molecule has 0 aliphatic heterocycles. The number of anilines is 1. The monoisotopic (exact) mass is 415 g/mol. The average Bonchev–Trinajstić information content (AvgIpc) is 2.70. The van der Waals surface area contributed by atoms with E-state index < -0.39 is 4.92 Å². The highest BCUT2D eigenvalue weighted by Gasteiger charge is 2.03. The minimum absolute atomic E-state index is 0.0290. The van der Waals surface area contributed by atoms with E-state index in [0.29, 0.717) is 28.1 Å². The maximum Gasteiger partial charge on any atom is 0.269 e. The number of hydrazone groups is 1. The van der Waals surface area contributed by atoms with Gasteiger partial charge >= 0.3 is 0 Å². The number of nitrogens with zero attached hydrogens (tertiary/aromatic N) is 2. The summed E-state index contributed by atoms with van der Waals surface area (Å²) in [5.41, 5.74) is 5.25. The van der Waals surface area contributed by atoms with Crippen molar-refractivity contribution in [2.75, 3.05) is 5.43 Å². The van der Waals surface area contributed by atoms with Crippen LogP contribution in [0.2, 0.25) is 10.0 Å². The summed E-state index contributed by atoms with van der Waals surface area (Å²) in [5, 5.41) is 15.8. The molecule has 0 atom stereocenters. The lowest BCUT2D eigenvalue weighted by molar-refractivity contribution is -0.384. The Labute approximate surface area is 171 Å². The summed E-state index contributed by atoms with van der Waals surface area (Å²) in [7, 11) is 0. The highest BCUT2D eigenvalue weighted by Crippen LogP contribution is 2.23. The van der Waals surface area contributed by atoms with Crippen molar-refractivity contribution in [2.24, 2.45) is 5.10 Å². The van der Waals surface area contributed by atoms with Gasteiger partial charge in [0.1, 0.15) is 12.4 Å². The molecule has 6 nitrogen and oxygen atoms in total. The van der Waals surface area contributed by atoms with Gasteiger partial charge in [0.05, 0.1) is 26.9 Å². The molecule has 1 N–H and O–H groups in total. The smallest absolute Gasteiger partial charge is 0.269 e. The van der Waals surface area contributed by atoms with Gasteiger partial charge in [-0.1, -0.05) is 41.4 Å². The lowest BCUT2D eigenvalue weighted by Crippen LogP contribution is -1.96. The van der Waals surface area contributed by atoms with Crippen LogP contribution < -0.4 is 10.2 Å². The van der Waals surface area contributed by atoms with Crippen molar-refractivity contribution >= 4 is 40.8 Å². The number of nitro groups is 1. The SMILES string of the molecule is O=[N+]([O-])c1ccc(NN=Cc2cccc(OCc3ccc(Cl)c(Cl)c3)c2)cc1. The average molecular weight is 416 g/mol. The highest BCUT2D eigenvalue weighted by molar-refractivity contribution is 6.42. The van der Waals surface area contributed by atoms with Crippen LogP contribution in [-0.4, -0.2) is 11.1 Å². The number of nitrogens with one attached hydrogen (secondary N) is 1. The molecule has 3 rings (SSSR count). The summed E-state index contributed by atoms with van der Waals surface area (Å²) in [6, 6.07) is 18.8. The van der Waals surface area contributed by atoms with Crippen LogP contribution in [0.5, 0.6) is 5.75 Å². The van der Waals surface area contributed by atoms with Crippen molar-refractivity contribution in [1.29, 1.82) is 0 Å². The van der Waals surface area contributed by atoms with Crippen LogP contribution >= 0.6 is 23.2 Å². The van der Waals surface area contributed by atoms with Gasteiger partial charge in [-0.15, -0.1) is 0 Å². The zero-order valence-electron chi connectivity index (χ0n) is 14.5. The fourth-order valence-corrected chi connectivity index (χ4v) is 2.64. The van der Waals surface area contributed by atoms with Crippen LogP contribution in [-0.2, 0) is 6.61 Å². The van der Waals surface area contributed by atoms with Gasteiger partial charge in [0.25, 0.3) is 5.69 Å². The maximum absolute atomic E-state index is 10.6. The Kier molecular flexibility index (Phi) is 6.47. The molecule has 0 heterocycles. The van der Waals surface area contributed by atoms with Gasteiger partial charge in [0.2, 0.25) is 0 Å². The molecule has 28 heavy (non-hydrogen) atoms. The second kappa shape index (κ2) is 9.21. The van der Waals surface area contributed by atoms with E-state index in [2.05, 4.69) is 10.5 Å². The van der Waals surface area contributed by atoms with E-state index in [1.165, 1.54) is 12.1 Å². The first-order valence-corrected chi connectivity index (χ1v) is 8.97. The van der Waals surface area contributed by atoms with Gasteiger partial charge in [-0.25, -0.2) is 0 Å². The van der Waals surface area contributed by atoms with Crippen LogP contribution in [0.3, 0.4) is 0 Å². The molecule has 3 aromatic rings. The zero-order valence-corrected chi connectivity index (χ0v) is 16.0. The largest absolute Gasteiger partial charge is 0.489 e. The minimum Gasteiger partial charge on any atom is -0.489 e. The Morgan fingerprint density at radius 2 is 1.82 bits per heavy atom. The van der Waals surface area contributed by atoms with Crippen molar-refractivity contribution < 1.29 is 9.66 Å². The molecule has 0 amide bonds. The quantitative estimate of drug-likeness (QED) is 0.294. The third-order valence-corrected chi connectivity index (χ3v) is 4.47. The van der Waals surface area contributed by atoms with Gasteiger partial charge in [-0.05, 0) is 47.5 Å². The molecule has 3 aromatic carbocycles. The molecule has 0 radical (unpaired) electrons. The van der Waals surface area contributed by atoms with Crippen molar-refractivity contribution in [3.63, 3.8) is 0 Å². The van der Waals surface area contributed by atoms with E-state index in [9.17, 15) is 10.1 Å². The standard InChI is InChI=1S/C20H15Cl2N3O3/c21-19-9-4-15(11-20(19)22)13-28-18-3-1-2-14(10-18)12-23-24-16-5-7-17(8-6-16)25(26)27/h1-12,24H,13H2. The summed E-state index contributed by atoms with van der Waals surface area (Å²) < 4.78 is 5.78. The minimum atomic E-state index is -0.448. The number of non-ortho nitro benzene ring substituents is 1. The molecule has 0 fully saturated rings. The second-order valence-corrected chi connectivity index (χ2v) is 6.60. The summed E-state index contributed by atoms with van der Waals surface area (Å²) in [4.78, 5) is 10.2. The Morgan fingerprint density at radius 3 is 2.54 bits per heavy atom. The molecule has 0 aromatic heterocycles. The van der Waals surface area contributed by atoms with Gasteiger partial charge < -0.3 is 4.74 Å². The molecule has 0 unspecified atom stereocenters. The first kappa shape index (κ1) is 19.7. The van der Waals surface area contributed by atoms with Gasteiger partial charge in [0, 0.05) is 12.1 Å². The van der Waals surface area contributed by atoms with Gasteiger partial charge in [0.15, 0.2) is 0 Å². The van der Waals surface area contributed by atoms with Crippen LogP contribution in [0, 0.1) is 10.1 Å². The molecule has 0 aliphatic carbocycles. The van der Waals surface area contributed by atoms with Gasteiger partial charge in [-0.3, -0.25) is 15.5 Å². The molecule has 0 bridgehead atoms. The van der Waals surface area contributed by atoms with Crippen LogP contribution in [0.4, 0.5) is 11.4 Å². The topological polar surface area (TPSA) is 76.8 Å². The predicted octanol–water partition coefficient (Wildman–Crippen LogP) is 5.93. The van der Waals surface area contributed by atoms with E-state index in [-0.39, 0.29) is 5.69 Å². The van der Waals surface area contributed by atoms with E-state index in [4.69, 9.17) is 27.9 Å². The maximum atomic E-state index is 10.6. The molecule has 0 saturated heterocycles. The summed E-state index contributed by atoms with van der Waals surface area (Å²) in [5.74, 6) is 0.686. The fraction of sp³-hybridized carbons (Fsp3) is 0.0500. The molecule has 0 saturated carbocycles. The molecular weight excluding hydrogens is 401 g/mol. The van der Waals surface area contributed by atoms with E-state index in [1.54, 1.807) is 30.5 Å². The molecule has 0 spiro atoms. The number of rotatable bonds is 7. The Balaban J connectivity index is 1.58. The highest BCUT2D eigenvalue weighted by atomic mass is 35.5. The molecule has 142 valence electrons. The number of hydrogen-bond donors (Lipinski definition) is 1. The molecule has 8 heteroatoms. The summed E-state index contributed by atoms with van der Waals surface area (Å²) >= 11 is 11.9. The number of hydrogen-bond acceptors (Lipinski definition) is 5. The van der Waals surface area contributed by atoms with E-state index >= 15 is 0 Å². The number of halogens is 2. The lowest BCUT2D eigenvalue weighted by atomic mass is 10.2. The summed E-state index contributed by atoms with van der Waals surface area (Å²) in [6.07, 6.45) is 1.63. The number of benzene rings is 3. The van der Waals surface area contributed by atoms with E-state index in [1.807, 2.05) is 30.3 Å². The third kappa shape index (κ3) is 5.45. The Morgan fingerprint density at radius 1 is 1.04 bits per heavy atom. The van der Waals surface area contributed by atoms with Crippen molar-refractivity contribution in [3.8, 4) is 5.75 Å². The first-order valence-electron chi connectivity index (χ1n) is 8.21. The van der Waals surface area contributed by atoms with Crippen LogP contribution in [0.15, 0.2) is 71.8 Å². The third-order valence-electron chi connectivity index (χ3n) is 3.73. The Bertz CT molecular complexity index is 1010. The fourth-order valence-electron chi connectivity index (χ4n) is 2.32. The summed E-state index contributed by atoms with van der Waals surface area (Å²) in [6.45, 7) is 0.360.